The van der Waals surface area contributed by atoms with Gasteiger partial charge in [-0.3, -0.25) is 9.78 Å². The Labute approximate surface area is 195 Å². The molecule has 1 fully saturated rings. The van der Waals surface area contributed by atoms with Gasteiger partial charge >= 0.3 is 0 Å². The molecule has 5 rings (SSSR count). The van der Waals surface area contributed by atoms with Crippen molar-refractivity contribution in [1.29, 1.82) is 0 Å². The van der Waals surface area contributed by atoms with Gasteiger partial charge in [0, 0.05) is 29.6 Å². The van der Waals surface area contributed by atoms with Gasteiger partial charge in [-0.2, -0.15) is 5.10 Å². The first kappa shape index (κ1) is 21.5. The molecular weight excluding hydrogens is 443 g/mol. The summed E-state index contributed by atoms with van der Waals surface area (Å²) in [7, 11) is 2.08. The lowest BCUT2D eigenvalue weighted by molar-refractivity contribution is 0.0918. The van der Waals surface area contributed by atoms with Crippen molar-refractivity contribution in [3.05, 3.63) is 71.4 Å². The van der Waals surface area contributed by atoms with E-state index in [1.54, 1.807) is 41.3 Å². The zero-order chi connectivity index (χ0) is 22.9. The summed E-state index contributed by atoms with van der Waals surface area (Å²) >= 11 is 5.99. The number of pyridine rings is 1. The summed E-state index contributed by atoms with van der Waals surface area (Å²) in [5, 5.41) is 7.44. The molecule has 33 heavy (non-hydrogen) atoms. The smallest absolute Gasteiger partial charge is 0.256 e. The van der Waals surface area contributed by atoms with Crippen LogP contribution in [0.2, 0.25) is 5.02 Å². The second-order valence-electron chi connectivity index (χ2n) is 8.22. The van der Waals surface area contributed by atoms with Crippen molar-refractivity contribution in [2.45, 2.75) is 18.9 Å². The Kier molecular flexibility index (Phi) is 5.78. The number of rotatable bonds is 4. The van der Waals surface area contributed by atoms with Crippen LogP contribution in [0.5, 0.6) is 0 Å². The summed E-state index contributed by atoms with van der Waals surface area (Å²) < 4.78 is 15.3. The molecule has 1 aliphatic heterocycles. The molecule has 4 heterocycles. The van der Waals surface area contributed by atoms with Crippen LogP contribution < -0.4 is 5.32 Å². The second-order valence-corrected chi connectivity index (χ2v) is 8.63. The summed E-state index contributed by atoms with van der Waals surface area (Å²) in [6.45, 7) is 1.92. The number of hydrogen-bond acceptors (Lipinski definition) is 5. The summed E-state index contributed by atoms with van der Waals surface area (Å²) in [6, 6.07) is 10.1. The number of halogens is 2. The Morgan fingerprint density at radius 3 is 2.82 bits per heavy atom. The third-order valence-electron chi connectivity index (χ3n) is 5.94. The monoisotopic (exact) mass is 464 g/mol. The largest absolute Gasteiger partial charge is 0.349 e. The van der Waals surface area contributed by atoms with Gasteiger partial charge in [-0.25, -0.2) is 13.9 Å². The first-order valence-electron chi connectivity index (χ1n) is 10.7. The van der Waals surface area contributed by atoms with E-state index in [1.807, 2.05) is 12.1 Å². The fourth-order valence-electron chi connectivity index (χ4n) is 4.08. The third kappa shape index (κ3) is 4.31. The fraction of sp³-hybridized carbons (Fsp3) is 0.250. The molecule has 0 bridgehead atoms. The van der Waals surface area contributed by atoms with Crippen LogP contribution in [-0.4, -0.2) is 56.6 Å². The van der Waals surface area contributed by atoms with E-state index in [0.717, 1.165) is 31.5 Å². The number of likely N-dealkylation sites (tertiary alicyclic amines) is 1. The maximum absolute atomic E-state index is 13.7. The zero-order valence-corrected chi connectivity index (χ0v) is 18.8. The molecule has 1 aliphatic rings. The van der Waals surface area contributed by atoms with Gasteiger partial charge in [-0.05, 0) is 69.4 Å². The maximum atomic E-state index is 13.7. The Bertz CT molecular complexity index is 1330. The van der Waals surface area contributed by atoms with Crippen molar-refractivity contribution in [1.82, 2.24) is 29.8 Å². The molecule has 3 aromatic heterocycles. The highest BCUT2D eigenvalue weighted by Gasteiger charge is 2.22. The van der Waals surface area contributed by atoms with Crippen molar-refractivity contribution in [2.75, 3.05) is 20.1 Å². The normalized spacial score (nSPS) is 15.1. The topological polar surface area (TPSA) is 75.4 Å². The number of carbonyl (C=O) groups is 1. The molecule has 1 saturated heterocycles. The summed E-state index contributed by atoms with van der Waals surface area (Å²) in [4.78, 5) is 24.5. The third-order valence-corrected chi connectivity index (χ3v) is 6.23. The lowest BCUT2D eigenvalue weighted by atomic mass is 10.0. The van der Waals surface area contributed by atoms with Crippen molar-refractivity contribution >= 4 is 23.2 Å². The van der Waals surface area contributed by atoms with Crippen molar-refractivity contribution in [3.63, 3.8) is 0 Å². The molecule has 0 saturated carbocycles. The first-order chi connectivity index (χ1) is 16.0. The van der Waals surface area contributed by atoms with Crippen LogP contribution >= 0.6 is 11.6 Å². The van der Waals surface area contributed by atoms with Gasteiger partial charge < -0.3 is 10.2 Å². The molecule has 1 N–H and O–H groups in total. The van der Waals surface area contributed by atoms with Gasteiger partial charge in [-0.15, -0.1) is 0 Å². The molecule has 168 valence electrons. The standard InChI is InChI=1S/C24H22ClFN6O/c1-31-10-6-16(7-11-31)29-24(33)18-14-28-32-12-8-21(30-23(18)32)17-3-2-9-27-22(17)15-4-5-20(26)19(25)13-15/h2-5,8-9,12-14,16H,6-7,10-11H2,1H3,(H,29,33). The first-order valence-corrected chi connectivity index (χ1v) is 11.1. The van der Waals surface area contributed by atoms with Crippen molar-refractivity contribution in [3.8, 4) is 22.5 Å². The van der Waals surface area contributed by atoms with E-state index < -0.39 is 5.82 Å². The van der Waals surface area contributed by atoms with Crippen molar-refractivity contribution in [2.24, 2.45) is 0 Å². The molecule has 0 radical (unpaired) electrons. The van der Waals surface area contributed by atoms with Crippen LogP contribution in [0.25, 0.3) is 28.2 Å². The Morgan fingerprint density at radius 2 is 2.03 bits per heavy atom. The number of carbonyl (C=O) groups excluding carboxylic acids is 1. The zero-order valence-electron chi connectivity index (χ0n) is 18.0. The minimum Gasteiger partial charge on any atom is -0.349 e. The number of benzene rings is 1. The van der Waals surface area contributed by atoms with Gasteiger partial charge in [-0.1, -0.05) is 11.6 Å². The average molecular weight is 465 g/mol. The molecule has 0 aliphatic carbocycles. The van der Waals surface area contributed by atoms with Gasteiger partial charge in [0.1, 0.15) is 11.4 Å². The van der Waals surface area contributed by atoms with Crippen molar-refractivity contribution < 1.29 is 9.18 Å². The quantitative estimate of drug-likeness (QED) is 0.492. The number of nitrogens with one attached hydrogen (secondary N) is 1. The van der Waals surface area contributed by atoms with Gasteiger partial charge in [0.05, 0.1) is 22.6 Å². The number of fused-ring (bicyclic) bond motifs is 1. The minimum atomic E-state index is -0.489. The van der Waals surface area contributed by atoms with Gasteiger partial charge in [0.15, 0.2) is 5.65 Å². The number of piperidine rings is 1. The van der Waals surface area contributed by atoms with Crippen LogP contribution in [0.4, 0.5) is 4.39 Å². The van der Waals surface area contributed by atoms with Crippen LogP contribution in [0.1, 0.15) is 23.2 Å². The molecule has 1 aromatic carbocycles. The lowest BCUT2D eigenvalue weighted by Gasteiger charge is -2.29. The number of amides is 1. The van der Waals surface area contributed by atoms with E-state index in [9.17, 15) is 9.18 Å². The molecule has 0 spiro atoms. The van der Waals surface area contributed by atoms with Crippen LogP contribution in [0.3, 0.4) is 0 Å². The molecule has 4 aromatic rings. The Hall–Kier alpha value is -3.36. The second kappa shape index (κ2) is 8.88. The highest BCUT2D eigenvalue weighted by atomic mass is 35.5. The van der Waals surface area contributed by atoms with E-state index in [1.165, 1.54) is 6.07 Å². The predicted octanol–water partition coefficient (Wildman–Crippen LogP) is 4.07. The molecular formula is C24H22ClFN6O. The van der Waals surface area contributed by atoms with Crippen LogP contribution in [-0.2, 0) is 0 Å². The molecule has 7 nitrogen and oxygen atoms in total. The summed E-state index contributed by atoms with van der Waals surface area (Å²) in [5.74, 6) is -0.669. The number of hydrogen-bond donors (Lipinski definition) is 1. The van der Waals surface area contributed by atoms with Crippen LogP contribution in [0.15, 0.2) is 55.0 Å². The van der Waals surface area contributed by atoms with Crippen LogP contribution in [0, 0.1) is 5.82 Å². The Balaban J connectivity index is 1.49. The highest BCUT2D eigenvalue weighted by Crippen LogP contribution is 2.31. The van der Waals surface area contributed by atoms with E-state index >= 15 is 0 Å². The predicted molar refractivity (Wildman–Crippen MR) is 125 cm³/mol. The Morgan fingerprint density at radius 1 is 1.21 bits per heavy atom. The molecule has 1 amide bonds. The van der Waals surface area contributed by atoms with E-state index in [-0.39, 0.29) is 17.0 Å². The van der Waals surface area contributed by atoms with E-state index in [2.05, 4.69) is 27.3 Å². The summed E-state index contributed by atoms with van der Waals surface area (Å²) in [5.41, 5.74) is 3.54. The molecule has 0 unspecified atom stereocenters. The molecule has 9 heteroatoms. The number of aromatic nitrogens is 4. The minimum absolute atomic E-state index is 0.0242. The van der Waals surface area contributed by atoms with E-state index in [4.69, 9.17) is 16.6 Å². The highest BCUT2D eigenvalue weighted by molar-refractivity contribution is 6.31. The fourth-order valence-corrected chi connectivity index (χ4v) is 4.26. The average Bonchev–Trinajstić information content (AvgIpc) is 3.26. The maximum Gasteiger partial charge on any atom is 0.256 e. The lowest BCUT2D eigenvalue weighted by Crippen LogP contribution is -2.43. The summed E-state index contributed by atoms with van der Waals surface area (Å²) in [6.07, 6.45) is 6.80. The van der Waals surface area contributed by atoms with Gasteiger partial charge in [0.25, 0.3) is 5.91 Å². The number of nitrogens with zero attached hydrogens (tertiary/aromatic N) is 5. The van der Waals surface area contributed by atoms with Gasteiger partial charge in [0.2, 0.25) is 0 Å². The molecule has 0 atom stereocenters. The SMILES string of the molecule is CN1CCC(NC(=O)c2cnn3ccc(-c4cccnc4-c4ccc(F)c(Cl)c4)nc23)CC1. The van der Waals surface area contributed by atoms with E-state index in [0.29, 0.717) is 28.2 Å².